The number of benzene rings is 1. The van der Waals surface area contributed by atoms with Gasteiger partial charge in [-0.05, 0) is 24.6 Å². The minimum absolute atomic E-state index is 0.255. The van der Waals surface area contributed by atoms with Crippen molar-refractivity contribution >= 4 is 54.2 Å². The molecule has 1 aromatic carbocycles. The van der Waals surface area contributed by atoms with E-state index in [0.717, 1.165) is 26.3 Å². The van der Waals surface area contributed by atoms with Gasteiger partial charge in [0, 0.05) is 12.1 Å². The minimum Gasteiger partial charge on any atom is -0.301 e. The van der Waals surface area contributed by atoms with Gasteiger partial charge in [0.2, 0.25) is 15.9 Å². The summed E-state index contributed by atoms with van der Waals surface area (Å²) in [7, 11) is -2.04. The predicted octanol–water partition coefficient (Wildman–Crippen LogP) is 2.09. The minimum atomic E-state index is -3.39. The summed E-state index contributed by atoms with van der Waals surface area (Å²) in [5.74, 6) is -0.439. The number of anilines is 1. The first-order valence-electron chi connectivity index (χ1n) is 5.94. The largest absolute Gasteiger partial charge is 0.301 e. The van der Waals surface area contributed by atoms with Crippen LogP contribution >= 0.6 is 22.9 Å². The second-order valence-corrected chi connectivity index (χ2v) is 8.21. The lowest BCUT2D eigenvalue weighted by molar-refractivity contribution is -0.116. The molecule has 9 heteroatoms. The van der Waals surface area contributed by atoms with Crippen molar-refractivity contribution in [2.75, 3.05) is 25.2 Å². The van der Waals surface area contributed by atoms with Gasteiger partial charge in [-0.25, -0.2) is 13.4 Å². The number of rotatable bonds is 4. The van der Waals surface area contributed by atoms with E-state index < -0.39 is 15.9 Å². The Morgan fingerprint density at radius 2 is 2.14 bits per heavy atom. The molecule has 0 spiro atoms. The average Bonchev–Trinajstić information content (AvgIpc) is 2.69. The highest BCUT2D eigenvalue weighted by atomic mass is 35.5. The lowest BCUT2D eigenvalue weighted by Gasteiger charge is -2.12. The average molecular weight is 348 g/mol. The van der Waals surface area contributed by atoms with Gasteiger partial charge in [0.25, 0.3) is 0 Å². The Balaban J connectivity index is 2.17. The molecule has 0 aliphatic heterocycles. The molecule has 21 heavy (non-hydrogen) atoms. The normalized spacial score (nSPS) is 12.0. The summed E-state index contributed by atoms with van der Waals surface area (Å²) in [6.45, 7) is 1.63. The highest BCUT2D eigenvalue weighted by molar-refractivity contribution is 7.88. The number of hydrogen-bond donors (Lipinski definition) is 1. The molecule has 1 heterocycles. The van der Waals surface area contributed by atoms with Gasteiger partial charge in [0.15, 0.2) is 5.13 Å². The maximum absolute atomic E-state index is 11.8. The molecule has 0 radical (unpaired) electrons. The standard InChI is InChI=1S/C12H14ClN3O3S2/c1-7-4-8(13)5-9-11(7)15-12(20-9)14-10(17)6-16(2)21(3,18)19/h4-5H,6H2,1-3H3,(H,14,15,17). The van der Waals surface area contributed by atoms with Crippen LogP contribution in [0.5, 0.6) is 0 Å². The molecule has 0 atom stereocenters. The third-order valence-electron chi connectivity index (χ3n) is 2.83. The molecule has 0 bridgehead atoms. The Morgan fingerprint density at radius 3 is 2.76 bits per heavy atom. The Bertz CT molecular complexity index is 801. The number of halogens is 1. The molecule has 0 saturated carbocycles. The molecule has 1 N–H and O–H groups in total. The van der Waals surface area contributed by atoms with Gasteiger partial charge in [0.1, 0.15) is 0 Å². The van der Waals surface area contributed by atoms with Gasteiger partial charge < -0.3 is 5.32 Å². The number of aromatic nitrogens is 1. The summed E-state index contributed by atoms with van der Waals surface area (Å²) in [5.41, 5.74) is 1.69. The van der Waals surface area contributed by atoms with E-state index in [-0.39, 0.29) is 6.54 Å². The van der Waals surface area contributed by atoms with E-state index in [2.05, 4.69) is 10.3 Å². The van der Waals surface area contributed by atoms with E-state index in [0.29, 0.717) is 10.2 Å². The van der Waals surface area contributed by atoms with Crippen LogP contribution in [-0.2, 0) is 14.8 Å². The number of carbonyl (C=O) groups excluding carboxylic acids is 1. The fourth-order valence-electron chi connectivity index (χ4n) is 1.69. The molecular formula is C12H14ClN3O3S2. The van der Waals surface area contributed by atoms with Crippen LogP contribution in [0, 0.1) is 6.92 Å². The first kappa shape index (κ1) is 16.2. The lowest BCUT2D eigenvalue weighted by atomic mass is 10.2. The van der Waals surface area contributed by atoms with Crippen LogP contribution < -0.4 is 5.32 Å². The quantitative estimate of drug-likeness (QED) is 0.918. The number of amides is 1. The van der Waals surface area contributed by atoms with Crippen LogP contribution in [-0.4, -0.2) is 43.5 Å². The van der Waals surface area contributed by atoms with Gasteiger partial charge in [-0.1, -0.05) is 22.9 Å². The van der Waals surface area contributed by atoms with Crippen LogP contribution in [0.15, 0.2) is 12.1 Å². The molecular weight excluding hydrogens is 334 g/mol. The summed E-state index contributed by atoms with van der Waals surface area (Å²) < 4.78 is 24.4. The number of nitrogens with zero attached hydrogens (tertiary/aromatic N) is 2. The molecule has 0 aliphatic carbocycles. The summed E-state index contributed by atoms with van der Waals surface area (Å²) in [6.07, 6.45) is 1.04. The molecule has 0 aliphatic rings. The maximum atomic E-state index is 11.8. The van der Waals surface area contributed by atoms with Gasteiger partial charge in [0.05, 0.1) is 23.0 Å². The zero-order chi connectivity index (χ0) is 15.8. The molecule has 1 aromatic heterocycles. The fourth-order valence-corrected chi connectivity index (χ4v) is 3.37. The van der Waals surface area contributed by atoms with Gasteiger partial charge in [-0.2, -0.15) is 4.31 Å². The maximum Gasteiger partial charge on any atom is 0.241 e. The van der Waals surface area contributed by atoms with Crippen molar-refractivity contribution in [3.8, 4) is 0 Å². The van der Waals surface area contributed by atoms with E-state index in [1.165, 1.54) is 18.4 Å². The van der Waals surface area contributed by atoms with Crippen molar-refractivity contribution in [1.29, 1.82) is 0 Å². The number of fused-ring (bicyclic) bond motifs is 1. The molecule has 2 aromatic rings. The first-order valence-corrected chi connectivity index (χ1v) is 8.99. The number of carbonyl (C=O) groups is 1. The molecule has 6 nitrogen and oxygen atoms in total. The van der Waals surface area contributed by atoms with Crippen molar-refractivity contribution in [2.45, 2.75) is 6.92 Å². The van der Waals surface area contributed by atoms with Crippen LogP contribution in [0.25, 0.3) is 10.2 Å². The molecule has 0 unspecified atom stereocenters. The van der Waals surface area contributed by atoms with Gasteiger partial charge in [-0.3, -0.25) is 4.79 Å². The SMILES string of the molecule is Cc1cc(Cl)cc2sc(NC(=O)CN(C)S(C)(=O)=O)nc12. The van der Waals surface area contributed by atoms with Crippen LogP contribution in [0.3, 0.4) is 0 Å². The second kappa shape index (κ2) is 5.88. The number of likely N-dealkylation sites (N-methyl/N-ethyl adjacent to an activating group) is 1. The molecule has 0 saturated heterocycles. The monoisotopic (exact) mass is 347 g/mol. The zero-order valence-corrected chi connectivity index (χ0v) is 14.1. The summed E-state index contributed by atoms with van der Waals surface area (Å²) in [6, 6.07) is 3.58. The van der Waals surface area contributed by atoms with E-state index in [4.69, 9.17) is 11.6 Å². The van der Waals surface area contributed by atoms with Crippen LogP contribution in [0.4, 0.5) is 5.13 Å². The van der Waals surface area contributed by atoms with E-state index >= 15 is 0 Å². The third kappa shape index (κ3) is 3.91. The Labute approximate surface area is 131 Å². The number of hydrogen-bond acceptors (Lipinski definition) is 5. The van der Waals surface area contributed by atoms with Crippen molar-refractivity contribution < 1.29 is 13.2 Å². The summed E-state index contributed by atoms with van der Waals surface area (Å²) >= 11 is 7.27. The predicted molar refractivity (Wildman–Crippen MR) is 85.5 cm³/mol. The highest BCUT2D eigenvalue weighted by Gasteiger charge is 2.16. The number of thiazole rings is 1. The van der Waals surface area contributed by atoms with Crippen molar-refractivity contribution in [3.63, 3.8) is 0 Å². The van der Waals surface area contributed by atoms with E-state index in [1.54, 1.807) is 12.1 Å². The number of nitrogens with one attached hydrogen (secondary N) is 1. The zero-order valence-electron chi connectivity index (χ0n) is 11.7. The third-order valence-corrected chi connectivity index (χ3v) is 5.23. The van der Waals surface area contributed by atoms with Crippen molar-refractivity contribution in [2.24, 2.45) is 0 Å². The number of sulfonamides is 1. The molecule has 1 amide bonds. The van der Waals surface area contributed by atoms with Crippen molar-refractivity contribution in [1.82, 2.24) is 9.29 Å². The van der Waals surface area contributed by atoms with E-state index in [9.17, 15) is 13.2 Å². The van der Waals surface area contributed by atoms with Crippen LogP contribution in [0.1, 0.15) is 5.56 Å². The topological polar surface area (TPSA) is 79.4 Å². The van der Waals surface area contributed by atoms with Crippen molar-refractivity contribution in [3.05, 3.63) is 22.7 Å². The van der Waals surface area contributed by atoms with Crippen LogP contribution in [0.2, 0.25) is 5.02 Å². The second-order valence-electron chi connectivity index (χ2n) is 4.66. The Morgan fingerprint density at radius 1 is 1.48 bits per heavy atom. The van der Waals surface area contributed by atoms with E-state index in [1.807, 2.05) is 6.92 Å². The van der Waals surface area contributed by atoms with Gasteiger partial charge in [-0.15, -0.1) is 0 Å². The Hall–Kier alpha value is -1.22. The summed E-state index contributed by atoms with van der Waals surface area (Å²) in [4.78, 5) is 16.1. The molecule has 0 fully saturated rings. The smallest absolute Gasteiger partial charge is 0.241 e. The fraction of sp³-hybridized carbons (Fsp3) is 0.333. The summed E-state index contributed by atoms with van der Waals surface area (Å²) in [5, 5.41) is 3.63. The number of aryl methyl sites for hydroxylation is 1. The first-order chi connectivity index (χ1) is 9.66. The Kier molecular flexibility index (Phi) is 4.52. The highest BCUT2D eigenvalue weighted by Crippen LogP contribution is 2.30. The lowest BCUT2D eigenvalue weighted by Crippen LogP contribution is -2.34. The molecule has 2 rings (SSSR count). The molecule has 114 valence electrons. The van der Waals surface area contributed by atoms with Gasteiger partial charge >= 0.3 is 0 Å².